The van der Waals surface area contributed by atoms with E-state index in [4.69, 9.17) is 5.73 Å². The fraction of sp³-hybridized carbons (Fsp3) is 0.133. The Bertz CT molecular complexity index is 606. The second kappa shape index (κ2) is 5.61. The Hall–Kier alpha value is -2.56. The number of halogens is 1. The van der Waals surface area contributed by atoms with E-state index in [1.807, 2.05) is 0 Å². The first-order valence-corrected chi connectivity index (χ1v) is 6.13. The highest BCUT2D eigenvalue weighted by Crippen LogP contribution is 2.21. The van der Waals surface area contributed by atoms with Crippen LogP contribution in [0.4, 0.5) is 10.1 Å². The van der Waals surface area contributed by atoms with Gasteiger partial charge < -0.3 is 16.2 Å². The van der Waals surface area contributed by atoms with Gasteiger partial charge in [-0.1, -0.05) is 18.2 Å². The largest absolute Gasteiger partial charge is 0.507 e. The summed E-state index contributed by atoms with van der Waals surface area (Å²) in [5.41, 5.74) is 6.70. The molecule has 1 unspecified atom stereocenters. The highest BCUT2D eigenvalue weighted by Gasteiger charge is 2.18. The zero-order valence-corrected chi connectivity index (χ0v) is 10.9. The average Bonchev–Trinajstić information content (AvgIpc) is 2.39. The van der Waals surface area contributed by atoms with Gasteiger partial charge in [0.1, 0.15) is 17.1 Å². The summed E-state index contributed by atoms with van der Waals surface area (Å²) in [6, 6.07) is 10.4. The van der Waals surface area contributed by atoms with Crippen molar-refractivity contribution in [1.82, 2.24) is 5.32 Å². The SMILES string of the molecule is CC(NC(=O)c1c(O)cccc1F)c1ccc(N)cc1. The third-order valence-corrected chi connectivity index (χ3v) is 3.00. The molecule has 0 heterocycles. The highest BCUT2D eigenvalue weighted by atomic mass is 19.1. The Morgan fingerprint density at radius 3 is 2.50 bits per heavy atom. The molecule has 0 bridgehead atoms. The summed E-state index contributed by atoms with van der Waals surface area (Å²) in [5.74, 6) is -1.80. The molecular weight excluding hydrogens is 259 g/mol. The second-order valence-electron chi connectivity index (χ2n) is 4.50. The van der Waals surface area contributed by atoms with E-state index < -0.39 is 11.7 Å². The van der Waals surface area contributed by atoms with Crippen molar-refractivity contribution in [3.8, 4) is 5.75 Å². The number of benzene rings is 2. The molecule has 2 rings (SSSR count). The maximum absolute atomic E-state index is 13.6. The first kappa shape index (κ1) is 13.9. The molecule has 0 saturated heterocycles. The predicted octanol–water partition coefficient (Wildman–Crippen LogP) is 2.60. The predicted molar refractivity (Wildman–Crippen MR) is 74.8 cm³/mol. The molecule has 4 nitrogen and oxygen atoms in total. The molecule has 104 valence electrons. The van der Waals surface area contributed by atoms with E-state index in [1.165, 1.54) is 12.1 Å². The van der Waals surface area contributed by atoms with E-state index in [-0.39, 0.29) is 17.4 Å². The van der Waals surface area contributed by atoms with Crippen molar-refractivity contribution >= 4 is 11.6 Å². The molecular formula is C15H15FN2O2. The number of phenolic OH excluding ortho intramolecular Hbond substituents is 1. The number of anilines is 1. The number of rotatable bonds is 3. The number of hydrogen-bond donors (Lipinski definition) is 3. The van der Waals surface area contributed by atoms with Crippen molar-refractivity contribution < 1.29 is 14.3 Å². The zero-order valence-electron chi connectivity index (χ0n) is 10.9. The maximum Gasteiger partial charge on any atom is 0.258 e. The van der Waals surface area contributed by atoms with Gasteiger partial charge in [-0.25, -0.2) is 4.39 Å². The van der Waals surface area contributed by atoms with E-state index in [0.29, 0.717) is 5.69 Å². The van der Waals surface area contributed by atoms with Crippen LogP contribution in [-0.4, -0.2) is 11.0 Å². The Morgan fingerprint density at radius 2 is 1.90 bits per heavy atom. The number of phenols is 1. The van der Waals surface area contributed by atoms with Crippen LogP contribution in [0.2, 0.25) is 0 Å². The summed E-state index contributed by atoms with van der Waals surface area (Å²) in [7, 11) is 0. The fourth-order valence-corrected chi connectivity index (χ4v) is 1.87. The molecule has 0 aromatic heterocycles. The molecule has 2 aromatic carbocycles. The topological polar surface area (TPSA) is 75.3 Å². The third kappa shape index (κ3) is 2.88. The van der Waals surface area contributed by atoms with Crippen LogP contribution in [0.25, 0.3) is 0 Å². The van der Waals surface area contributed by atoms with Crippen molar-refractivity contribution in [3.05, 3.63) is 59.4 Å². The Labute approximate surface area is 116 Å². The average molecular weight is 274 g/mol. The first-order valence-electron chi connectivity index (χ1n) is 6.13. The van der Waals surface area contributed by atoms with Crippen LogP contribution in [-0.2, 0) is 0 Å². The van der Waals surface area contributed by atoms with Crippen LogP contribution >= 0.6 is 0 Å². The normalized spacial score (nSPS) is 11.9. The Balaban J connectivity index is 2.17. The van der Waals surface area contributed by atoms with Crippen molar-refractivity contribution in [2.75, 3.05) is 5.73 Å². The van der Waals surface area contributed by atoms with Crippen LogP contribution < -0.4 is 11.1 Å². The number of amides is 1. The number of aromatic hydroxyl groups is 1. The van der Waals surface area contributed by atoms with Gasteiger partial charge in [0.25, 0.3) is 5.91 Å². The molecule has 0 radical (unpaired) electrons. The van der Waals surface area contributed by atoms with Crippen LogP contribution in [0.15, 0.2) is 42.5 Å². The smallest absolute Gasteiger partial charge is 0.258 e. The van der Waals surface area contributed by atoms with Crippen molar-refractivity contribution in [2.45, 2.75) is 13.0 Å². The zero-order chi connectivity index (χ0) is 14.7. The molecule has 0 fully saturated rings. The van der Waals surface area contributed by atoms with Gasteiger partial charge in [-0.2, -0.15) is 0 Å². The summed E-state index contributed by atoms with van der Waals surface area (Å²) in [4.78, 5) is 12.0. The van der Waals surface area contributed by atoms with E-state index in [0.717, 1.165) is 11.6 Å². The monoisotopic (exact) mass is 274 g/mol. The van der Waals surface area contributed by atoms with Gasteiger partial charge in [-0.15, -0.1) is 0 Å². The van der Waals surface area contributed by atoms with Crippen LogP contribution in [0.5, 0.6) is 5.75 Å². The number of nitrogen functional groups attached to an aromatic ring is 1. The van der Waals surface area contributed by atoms with Gasteiger partial charge >= 0.3 is 0 Å². The molecule has 5 heteroatoms. The van der Waals surface area contributed by atoms with Crippen molar-refractivity contribution in [2.24, 2.45) is 0 Å². The minimum Gasteiger partial charge on any atom is -0.507 e. The minimum absolute atomic E-state index is 0.331. The van der Waals surface area contributed by atoms with Gasteiger partial charge in [-0.3, -0.25) is 4.79 Å². The van der Waals surface area contributed by atoms with E-state index in [1.54, 1.807) is 31.2 Å². The number of hydrogen-bond acceptors (Lipinski definition) is 3. The molecule has 0 aliphatic heterocycles. The summed E-state index contributed by atoms with van der Waals surface area (Å²) >= 11 is 0. The summed E-state index contributed by atoms with van der Waals surface area (Å²) < 4.78 is 13.6. The maximum atomic E-state index is 13.6. The fourth-order valence-electron chi connectivity index (χ4n) is 1.87. The third-order valence-electron chi connectivity index (χ3n) is 3.00. The van der Waals surface area contributed by atoms with E-state index in [9.17, 15) is 14.3 Å². The molecule has 0 spiro atoms. The van der Waals surface area contributed by atoms with Gasteiger partial charge in [0.15, 0.2) is 0 Å². The van der Waals surface area contributed by atoms with Gasteiger partial charge in [-0.05, 0) is 36.8 Å². The lowest BCUT2D eigenvalue weighted by molar-refractivity contribution is 0.0933. The van der Waals surface area contributed by atoms with Gasteiger partial charge in [0, 0.05) is 5.69 Å². The summed E-state index contributed by atoms with van der Waals surface area (Å²) in [6.07, 6.45) is 0. The highest BCUT2D eigenvalue weighted by molar-refractivity contribution is 5.97. The van der Waals surface area contributed by atoms with Crippen LogP contribution in [0, 0.1) is 5.82 Å². The number of carbonyl (C=O) groups excluding carboxylic acids is 1. The lowest BCUT2D eigenvalue weighted by Crippen LogP contribution is -2.27. The first-order chi connectivity index (χ1) is 9.49. The molecule has 0 saturated carbocycles. The Kier molecular flexibility index (Phi) is 3.89. The van der Waals surface area contributed by atoms with E-state index in [2.05, 4.69) is 5.32 Å². The molecule has 0 aliphatic carbocycles. The standard InChI is InChI=1S/C15H15FN2O2/c1-9(10-5-7-11(17)8-6-10)18-15(20)14-12(16)3-2-4-13(14)19/h2-9,19H,17H2,1H3,(H,18,20). The van der Waals surface area contributed by atoms with Crippen LogP contribution in [0.3, 0.4) is 0 Å². The lowest BCUT2D eigenvalue weighted by Gasteiger charge is -2.15. The molecule has 4 N–H and O–H groups in total. The summed E-state index contributed by atoms with van der Waals surface area (Å²) in [5, 5.41) is 12.2. The summed E-state index contributed by atoms with van der Waals surface area (Å²) in [6.45, 7) is 1.77. The van der Waals surface area contributed by atoms with Crippen molar-refractivity contribution in [3.63, 3.8) is 0 Å². The minimum atomic E-state index is -0.757. The lowest BCUT2D eigenvalue weighted by atomic mass is 10.1. The molecule has 1 atom stereocenters. The molecule has 0 aliphatic rings. The number of nitrogens with two attached hydrogens (primary N) is 1. The second-order valence-corrected chi connectivity index (χ2v) is 4.50. The number of carbonyl (C=O) groups is 1. The van der Waals surface area contributed by atoms with E-state index >= 15 is 0 Å². The quantitative estimate of drug-likeness (QED) is 0.753. The van der Waals surface area contributed by atoms with Crippen molar-refractivity contribution in [1.29, 1.82) is 0 Å². The molecule has 2 aromatic rings. The molecule has 20 heavy (non-hydrogen) atoms. The van der Waals surface area contributed by atoms with Gasteiger partial charge in [0.2, 0.25) is 0 Å². The Morgan fingerprint density at radius 1 is 1.25 bits per heavy atom. The number of nitrogens with one attached hydrogen (secondary N) is 1. The van der Waals surface area contributed by atoms with Gasteiger partial charge in [0.05, 0.1) is 6.04 Å². The molecule has 1 amide bonds. The van der Waals surface area contributed by atoms with Crippen LogP contribution in [0.1, 0.15) is 28.9 Å².